The molecular weight excluding hydrogens is 444 g/mol. The summed E-state index contributed by atoms with van der Waals surface area (Å²) < 4.78 is 3.89. The molecule has 0 saturated carbocycles. The third-order valence-corrected chi connectivity index (χ3v) is 6.27. The van der Waals surface area contributed by atoms with E-state index in [4.69, 9.17) is 5.26 Å². The molecule has 1 N–H and O–H groups in total. The fourth-order valence-electron chi connectivity index (χ4n) is 4.09. The molecule has 0 aliphatic heterocycles. The zero-order chi connectivity index (χ0) is 25.9. The number of nitriles is 1. The molecule has 0 atom stereocenters. The Kier molecular flexibility index (Phi) is 20.9. The largest absolute Gasteiger partial charge is 0.356 e. The van der Waals surface area contributed by atoms with Crippen LogP contribution in [-0.4, -0.2) is 17.0 Å². The molecule has 1 aromatic heterocycles. The van der Waals surface area contributed by atoms with Crippen LogP contribution < -0.4 is 9.88 Å². The van der Waals surface area contributed by atoms with E-state index < -0.39 is 0 Å². The van der Waals surface area contributed by atoms with Crippen LogP contribution in [0.3, 0.4) is 0 Å². The van der Waals surface area contributed by atoms with Gasteiger partial charge in [0.15, 0.2) is 6.54 Å². The van der Waals surface area contributed by atoms with Gasteiger partial charge in [0.2, 0.25) is 12.2 Å². The zero-order valence-corrected chi connectivity index (χ0v) is 22.8. The maximum atomic E-state index is 12.0. The van der Waals surface area contributed by atoms with Gasteiger partial charge >= 0.3 is 0 Å². The van der Waals surface area contributed by atoms with Crippen molar-refractivity contribution < 1.29 is 9.36 Å². The van der Waals surface area contributed by atoms with Gasteiger partial charge in [0.25, 0.3) is 0 Å². The first-order valence-electron chi connectivity index (χ1n) is 14.4. The molecule has 1 amide bonds. The molecule has 198 valence electrons. The van der Waals surface area contributed by atoms with E-state index in [0.717, 1.165) is 45.1 Å². The molecule has 0 fully saturated rings. The lowest BCUT2D eigenvalue weighted by Gasteiger charge is -2.04. The van der Waals surface area contributed by atoms with Gasteiger partial charge < -0.3 is 5.32 Å². The van der Waals surface area contributed by atoms with Crippen LogP contribution >= 0.6 is 0 Å². The van der Waals surface area contributed by atoms with E-state index in [9.17, 15) is 4.79 Å². The van der Waals surface area contributed by atoms with Gasteiger partial charge in [0, 0.05) is 32.2 Å². The first kappa shape index (κ1) is 31.3. The highest BCUT2D eigenvalue weighted by atomic mass is 16.1. The Morgan fingerprint density at radius 1 is 0.833 bits per heavy atom. The normalized spacial score (nSPS) is 10.1. The second-order valence-electron chi connectivity index (χ2n) is 9.64. The molecule has 0 aliphatic carbocycles. The summed E-state index contributed by atoms with van der Waals surface area (Å²) in [6.07, 6.45) is 26.8. The summed E-state index contributed by atoms with van der Waals surface area (Å²) in [5.74, 6) is 12.5. The molecule has 0 unspecified atom stereocenters. The van der Waals surface area contributed by atoms with E-state index in [-0.39, 0.29) is 5.91 Å². The number of unbranched alkanes of at least 4 members (excludes halogenated alkanes) is 14. The van der Waals surface area contributed by atoms with Gasteiger partial charge in [0.1, 0.15) is 18.5 Å². The molecule has 5 heteroatoms. The van der Waals surface area contributed by atoms with E-state index in [1.165, 1.54) is 70.6 Å². The van der Waals surface area contributed by atoms with Crippen LogP contribution in [0.4, 0.5) is 0 Å². The fraction of sp³-hybridized carbons (Fsp3) is 0.710. The highest BCUT2D eigenvalue weighted by Crippen LogP contribution is 2.09. The number of carbonyl (C=O) groups excluding carboxylic acids is 1. The minimum absolute atomic E-state index is 0.154. The van der Waals surface area contributed by atoms with E-state index in [2.05, 4.69) is 42.0 Å². The number of rotatable bonds is 21. The van der Waals surface area contributed by atoms with Crippen molar-refractivity contribution in [3.05, 3.63) is 18.7 Å². The highest BCUT2D eigenvalue weighted by Gasteiger charge is 2.04. The van der Waals surface area contributed by atoms with Crippen LogP contribution in [-0.2, 0) is 17.9 Å². The van der Waals surface area contributed by atoms with Gasteiger partial charge in [-0.15, -0.1) is 0 Å². The van der Waals surface area contributed by atoms with E-state index in [0.29, 0.717) is 19.5 Å². The average molecular weight is 494 g/mol. The smallest absolute Gasteiger partial charge is 0.244 e. The second-order valence-corrected chi connectivity index (χ2v) is 9.64. The SMILES string of the molecule is CCCCCCCCCCC#CC#CCCCCCCCCC(=O)NCCCn1cc[n+](CC#N)c1. The summed E-state index contributed by atoms with van der Waals surface area (Å²) in [6.45, 7) is 4.17. The van der Waals surface area contributed by atoms with Crippen LogP contribution in [0.2, 0.25) is 0 Å². The van der Waals surface area contributed by atoms with E-state index in [1.54, 1.807) is 0 Å². The van der Waals surface area contributed by atoms with E-state index in [1.807, 2.05) is 27.9 Å². The number of carbonyl (C=O) groups is 1. The summed E-state index contributed by atoms with van der Waals surface area (Å²) >= 11 is 0. The van der Waals surface area contributed by atoms with E-state index >= 15 is 0 Å². The molecule has 36 heavy (non-hydrogen) atoms. The first-order chi connectivity index (χ1) is 17.8. The quantitative estimate of drug-likeness (QED) is 0.121. The summed E-state index contributed by atoms with van der Waals surface area (Å²) in [4.78, 5) is 12.0. The molecule has 0 aliphatic rings. The van der Waals surface area contributed by atoms with Crippen molar-refractivity contribution in [1.82, 2.24) is 9.88 Å². The van der Waals surface area contributed by atoms with Gasteiger partial charge in [-0.3, -0.25) is 4.79 Å². The molecule has 0 aromatic carbocycles. The molecule has 1 heterocycles. The van der Waals surface area contributed by atoms with Crippen molar-refractivity contribution in [2.75, 3.05) is 6.54 Å². The summed E-state index contributed by atoms with van der Waals surface area (Å²) in [5, 5.41) is 11.7. The molecule has 0 saturated heterocycles. The molecule has 0 spiro atoms. The second kappa shape index (κ2) is 24.0. The molecular formula is C31H49N4O+. The number of aromatic nitrogens is 2. The Morgan fingerprint density at radius 3 is 2.03 bits per heavy atom. The van der Waals surface area contributed by atoms with Gasteiger partial charge in [-0.1, -0.05) is 89.4 Å². The maximum absolute atomic E-state index is 12.0. The Labute approximate surface area is 221 Å². The first-order valence-corrected chi connectivity index (χ1v) is 14.4. The van der Waals surface area contributed by atoms with Gasteiger partial charge in [-0.05, 0) is 31.1 Å². The minimum atomic E-state index is 0.154. The van der Waals surface area contributed by atoms with Crippen LogP contribution in [0.5, 0.6) is 0 Å². The predicted molar refractivity (Wildman–Crippen MR) is 148 cm³/mol. The summed E-state index contributed by atoms with van der Waals surface area (Å²) in [7, 11) is 0. The Morgan fingerprint density at radius 2 is 1.42 bits per heavy atom. The molecule has 1 rings (SSSR count). The minimum Gasteiger partial charge on any atom is -0.356 e. The predicted octanol–water partition coefficient (Wildman–Crippen LogP) is 6.46. The third kappa shape index (κ3) is 19.6. The van der Waals surface area contributed by atoms with Crippen molar-refractivity contribution in [2.45, 2.75) is 136 Å². The number of amides is 1. The monoisotopic (exact) mass is 493 g/mol. The number of nitrogens with one attached hydrogen (secondary N) is 1. The van der Waals surface area contributed by atoms with Gasteiger partial charge in [-0.25, -0.2) is 9.13 Å². The van der Waals surface area contributed by atoms with Gasteiger partial charge in [-0.2, -0.15) is 5.26 Å². The number of aryl methyl sites for hydroxylation is 1. The third-order valence-electron chi connectivity index (χ3n) is 6.27. The molecule has 5 nitrogen and oxygen atoms in total. The number of nitrogens with zero attached hydrogens (tertiary/aromatic N) is 3. The number of imidazole rings is 1. The molecule has 1 aromatic rings. The molecule has 0 radical (unpaired) electrons. The maximum Gasteiger partial charge on any atom is 0.244 e. The zero-order valence-electron chi connectivity index (χ0n) is 22.8. The number of hydrogen-bond acceptors (Lipinski definition) is 2. The van der Waals surface area contributed by atoms with Crippen molar-refractivity contribution >= 4 is 5.91 Å². The topological polar surface area (TPSA) is 61.7 Å². The van der Waals surface area contributed by atoms with Crippen LogP contribution in [0, 0.1) is 35.0 Å². The van der Waals surface area contributed by atoms with Crippen molar-refractivity contribution in [2.24, 2.45) is 0 Å². The Hall–Kier alpha value is -2.71. The van der Waals surface area contributed by atoms with Crippen LogP contribution in [0.25, 0.3) is 0 Å². The summed E-state index contributed by atoms with van der Waals surface area (Å²) in [5.41, 5.74) is 0. The summed E-state index contributed by atoms with van der Waals surface area (Å²) in [6, 6.07) is 2.12. The van der Waals surface area contributed by atoms with Crippen molar-refractivity contribution in [3.8, 4) is 29.8 Å². The molecule has 0 bridgehead atoms. The van der Waals surface area contributed by atoms with Crippen LogP contribution in [0.15, 0.2) is 18.7 Å². The lowest BCUT2D eigenvalue weighted by atomic mass is 10.1. The average Bonchev–Trinajstić information content (AvgIpc) is 3.33. The fourth-order valence-corrected chi connectivity index (χ4v) is 4.09. The standard InChI is InChI=1S/C31H48N4O/c1-2-3-4-5-6-7-8-9-10-11-12-13-14-15-16-17-18-19-20-21-23-31(36)33-25-22-26-34-28-29-35(30-34)27-24-32/h28-30H,2-10,15-23,25-27H2,1H3/p+1. The lowest BCUT2D eigenvalue weighted by Crippen LogP contribution is -2.30. The Balaban J connectivity index is 1.84. The number of hydrogen-bond donors (Lipinski definition) is 1. The van der Waals surface area contributed by atoms with Crippen molar-refractivity contribution in [3.63, 3.8) is 0 Å². The Bertz CT molecular complexity index is 844. The van der Waals surface area contributed by atoms with Crippen LogP contribution in [0.1, 0.15) is 122 Å². The highest BCUT2D eigenvalue weighted by molar-refractivity contribution is 5.75. The van der Waals surface area contributed by atoms with Gasteiger partial charge in [0.05, 0.1) is 6.54 Å². The lowest BCUT2D eigenvalue weighted by molar-refractivity contribution is -0.684. The van der Waals surface area contributed by atoms with Crippen molar-refractivity contribution in [1.29, 1.82) is 5.26 Å².